The van der Waals surface area contributed by atoms with Crippen molar-refractivity contribution in [3.05, 3.63) is 53.5 Å². The highest BCUT2D eigenvalue weighted by atomic mass is 16.5. The molecule has 156 valence electrons. The molecule has 0 unspecified atom stereocenters. The van der Waals surface area contributed by atoms with Gasteiger partial charge in [0, 0.05) is 44.2 Å². The fraction of sp³-hybridized carbons (Fsp3) is 0.409. The number of fused-ring (bicyclic) bond motifs is 2. The predicted octanol–water partition coefficient (Wildman–Crippen LogP) is 2.65. The molecule has 0 bridgehead atoms. The molecule has 8 heteroatoms. The van der Waals surface area contributed by atoms with Crippen LogP contribution in [-0.4, -0.2) is 52.0 Å². The van der Waals surface area contributed by atoms with Gasteiger partial charge in [0.2, 0.25) is 11.8 Å². The molecular formula is C22H26N6O2. The van der Waals surface area contributed by atoms with Gasteiger partial charge in [0.1, 0.15) is 0 Å². The number of methoxy groups -OCH3 is 1. The van der Waals surface area contributed by atoms with Gasteiger partial charge in [-0.3, -0.25) is 0 Å². The van der Waals surface area contributed by atoms with E-state index in [4.69, 9.17) is 19.4 Å². The number of hydrogen-bond donors (Lipinski definition) is 2. The van der Waals surface area contributed by atoms with Gasteiger partial charge in [-0.2, -0.15) is 10.1 Å². The number of pyridine rings is 1. The fourth-order valence-electron chi connectivity index (χ4n) is 4.10. The lowest BCUT2D eigenvalue weighted by Gasteiger charge is -2.24. The SMILES string of the molecule is COc1nc(NC2CCOCC2)nc2c1C(c1ccn3nccc3c1)=C[C@@H](C)NC2. The monoisotopic (exact) mass is 406 g/mol. The summed E-state index contributed by atoms with van der Waals surface area (Å²) in [5.74, 6) is 1.20. The molecule has 2 aliphatic heterocycles. The molecule has 8 nitrogen and oxygen atoms in total. The average Bonchev–Trinajstić information content (AvgIpc) is 3.17. The molecule has 2 N–H and O–H groups in total. The average molecular weight is 406 g/mol. The third kappa shape index (κ3) is 3.64. The van der Waals surface area contributed by atoms with Gasteiger partial charge in [-0.05, 0) is 49.1 Å². The normalized spacial score (nSPS) is 19.8. The molecule has 1 saturated heterocycles. The largest absolute Gasteiger partial charge is 0.480 e. The van der Waals surface area contributed by atoms with E-state index in [-0.39, 0.29) is 6.04 Å². The number of aromatic nitrogens is 4. The van der Waals surface area contributed by atoms with Gasteiger partial charge in [0.15, 0.2) is 0 Å². The number of rotatable bonds is 4. The van der Waals surface area contributed by atoms with Gasteiger partial charge >= 0.3 is 0 Å². The fourth-order valence-corrected chi connectivity index (χ4v) is 4.10. The molecule has 0 aromatic carbocycles. The molecule has 5 rings (SSSR count). The number of hydrogen-bond acceptors (Lipinski definition) is 7. The van der Waals surface area contributed by atoms with Crippen LogP contribution >= 0.6 is 0 Å². The summed E-state index contributed by atoms with van der Waals surface area (Å²) in [5.41, 5.74) is 5.07. The van der Waals surface area contributed by atoms with Gasteiger partial charge in [0.05, 0.1) is 23.9 Å². The second-order valence-corrected chi connectivity index (χ2v) is 7.78. The lowest BCUT2D eigenvalue weighted by atomic mass is 9.96. The summed E-state index contributed by atoms with van der Waals surface area (Å²) in [5, 5.41) is 11.3. The van der Waals surface area contributed by atoms with Crippen molar-refractivity contribution >= 4 is 17.0 Å². The van der Waals surface area contributed by atoms with Crippen molar-refractivity contribution in [2.24, 2.45) is 0 Å². The van der Waals surface area contributed by atoms with Crippen LogP contribution in [-0.2, 0) is 11.3 Å². The summed E-state index contributed by atoms with van der Waals surface area (Å²) in [6, 6.07) is 6.71. The Morgan fingerprint density at radius 3 is 2.93 bits per heavy atom. The zero-order valence-electron chi connectivity index (χ0n) is 17.3. The highest BCUT2D eigenvalue weighted by molar-refractivity contribution is 5.85. The second kappa shape index (κ2) is 8.04. The van der Waals surface area contributed by atoms with Crippen molar-refractivity contribution in [3.63, 3.8) is 0 Å². The van der Waals surface area contributed by atoms with E-state index in [0.717, 1.165) is 54.0 Å². The van der Waals surface area contributed by atoms with Crippen molar-refractivity contribution < 1.29 is 9.47 Å². The lowest BCUT2D eigenvalue weighted by molar-refractivity contribution is 0.0903. The van der Waals surface area contributed by atoms with E-state index in [9.17, 15) is 0 Å². The first kappa shape index (κ1) is 19.0. The van der Waals surface area contributed by atoms with Crippen LogP contribution in [0.3, 0.4) is 0 Å². The smallest absolute Gasteiger partial charge is 0.226 e. The topological polar surface area (TPSA) is 85.6 Å². The van der Waals surface area contributed by atoms with Gasteiger partial charge < -0.3 is 20.1 Å². The molecule has 5 heterocycles. The van der Waals surface area contributed by atoms with Crippen LogP contribution in [0.2, 0.25) is 0 Å². The summed E-state index contributed by atoms with van der Waals surface area (Å²) >= 11 is 0. The molecule has 1 fully saturated rings. The van der Waals surface area contributed by atoms with Crippen LogP contribution in [0.1, 0.15) is 36.6 Å². The molecule has 0 spiro atoms. The molecule has 0 amide bonds. The lowest BCUT2D eigenvalue weighted by Crippen LogP contribution is -2.29. The Bertz CT molecular complexity index is 1090. The minimum atomic E-state index is 0.187. The van der Waals surface area contributed by atoms with E-state index in [1.165, 1.54) is 0 Å². The number of nitrogens with zero attached hydrogens (tertiary/aromatic N) is 4. The molecule has 2 aliphatic rings. The first-order valence-corrected chi connectivity index (χ1v) is 10.4. The summed E-state index contributed by atoms with van der Waals surface area (Å²) in [7, 11) is 1.67. The Hall–Kier alpha value is -2.97. The maximum absolute atomic E-state index is 5.76. The van der Waals surface area contributed by atoms with E-state index in [1.54, 1.807) is 13.3 Å². The van der Waals surface area contributed by atoms with Crippen molar-refractivity contribution in [1.29, 1.82) is 0 Å². The van der Waals surface area contributed by atoms with E-state index in [1.807, 2.05) is 16.8 Å². The van der Waals surface area contributed by atoms with E-state index in [0.29, 0.717) is 24.4 Å². The highest BCUT2D eigenvalue weighted by Gasteiger charge is 2.25. The van der Waals surface area contributed by atoms with Crippen LogP contribution in [0.5, 0.6) is 5.88 Å². The molecule has 30 heavy (non-hydrogen) atoms. The summed E-state index contributed by atoms with van der Waals surface area (Å²) in [6.07, 6.45) is 7.90. The number of anilines is 1. The van der Waals surface area contributed by atoms with Crippen LogP contribution in [0, 0.1) is 0 Å². The Kier molecular flexibility index (Phi) is 5.10. The molecular weight excluding hydrogens is 380 g/mol. The number of nitrogens with one attached hydrogen (secondary N) is 2. The minimum absolute atomic E-state index is 0.187. The van der Waals surface area contributed by atoms with Crippen LogP contribution in [0.15, 0.2) is 36.7 Å². The van der Waals surface area contributed by atoms with Crippen molar-refractivity contribution in [3.8, 4) is 5.88 Å². The van der Waals surface area contributed by atoms with Crippen LogP contribution in [0.25, 0.3) is 11.1 Å². The zero-order chi connectivity index (χ0) is 20.5. The van der Waals surface area contributed by atoms with E-state index >= 15 is 0 Å². The molecule has 0 aliphatic carbocycles. The maximum atomic E-state index is 5.76. The predicted molar refractivity (Wildman–Crippen MR) is 115 cm³/mol. The van der Waals surface area contributed by atoms with Gasteiger partial charge in [-0.15, -0.1) is 0 Å². The standard InChI is InChI=1S/C22H26N6O2/c1-14-11-18(15-4-8-28-17(12-15)3-7-24-28)20-19(13-23-14)26-22(27-21(20)29-2)25-16-5-9-30-10-6-16/h3-4,7-8,11-12,14,16,23H,5-6,9-10,13H2,1-2H3,(H,25,26,27)/t14-/m1/s1. The summed E-state index contributed by atoms with van der Waals surface area (Å²) in [4.78, 5) is 9.60. The van der Waals surface area contributed by atoms with Crippen LogP contribution in [0.4, 0.5) is 5.95 Å². The second-order valence-electron chi connectivity index (χ2n) is 7.78. The van der Waals surface area contributed by atoms with Gasteiger partial charge in [-0.25, -0.2) is 9.50 Å². The summed E-state index contributed by atoms with van der Waals surface area (Å²) in [6.45, 7) is 4.32. The zero-order valence-corrected chi connectivity index (χ0v) is 17.3. The Morgan fingerprint density at radius 1 is 1.23 bits per heavy atom. The molecule has 1 atom stereocenters. The van der Waals surface area contributed by atoms with Gasteiger partial charge in [0.25, 0.3) is 0 Å². The molecule has 0 saturated carbocycles. The van der Waals surface area contributed by atoms with Crippen molar-refractivity contribution in [2.75, 3.05) is 25.6 Å². The minimum Gasteiger partial charge on any atom is -0.480 e. The number of ether oxygens (including phenoxy) is 2. The third-order valence-corrected chi connectivity index (χ3v) is 5.69. The Morgan fingerprint density at radius 2 is 2.10 bits per heavy atom. The van der Waals surface area contributed by atoms with Crippen molar-refractivity contribution in [2.45, 2.75) is 38.4 Å². The Labute approximate surface area is 175 Å². The quantitative estimate of drug-likeness (QED) is 0.689. The van der Waals surface area contributed by atoms with Crippen LogP contribution < -0.4 is 15.4 Å². The molecule has 3 aromatic heterocycles. The molecule has 3 aromatic rings. The van der Waals surface area contributed by atoms with E-state index < -0.39 is 0 Å². The third-order valence-electron chi connectivity index (χ3n) is 5.69. The Balaban J connectivity index is 1.58. The van der Waals surface area contributed by atoms with Crippen molar-refractivity contribution in [1.82, 2.24) is 24.9 Å². The maximum Gasteiger partial charge on any atom is 0.226 e. The highest BCUT2D eigenvalue weighted by Crippen LogP contribution is 2.35. The van der Waals surface area contributed by atoms with Gasteiger partial charge in [-0.1, -0.05) is 6.08 Å². The first-order chi connectivity index (χ1) is 14.7. The molecule has 0 radical (unpaired) electrons. The first-order valence-electron chi connectivity index (χ1n) is 10.4. The summed E-state index contributed by atoms with van der Waals surface area (Å²) < 4.78 is 13.1. The van der Waals surface area contributed by atoms with E-state index in [2.05, 4.69) is 40.9 Å².